The van der Waals surface area contributed by atoms with Crippen LogP contribution in [0.2, 0.25) is 0 Å². The third kappa shape index (κ3) is 3.68. The maximum Gasteiger partial charge on any atom is 0.355 e. The number of nitrogens with one attached hydrogen (secondary N) is 1. The highest BCUT2D eigenvalue weighted by atomic mass is 127. The Labute approximate surface area is 141 Å². The molecular formula is C16H15IN2O3. The molecule has 114 valence electrons. The van der Waals surface area contributed by atoms with Gasteiger partial charge >= 0.3 is 5.97 Å². The van der Waals surface area contributed by atoms with Crippen molar-refractivity contribution < 1.29 is 14.3 Å². The van der Waals surface area contributed by atoms with E-state index < -0.39 is 5.97 Å². The van der Waals surface area contributed by atoms with E-state index in [1.54, 1.807) is 22.9 Å². The lowest BCUT2D eigenvalue weighted by Gasteiger charge is -2.10. The zero-order chi connectivity index (χ0) is 15.5. The fourth-order valence-electron chi connectivity index (χ4n) is 2.10. The summed E-state index contributed by atoms with van der Waals surface area (Å²) in [5, 5.41) is 2.78. The number of benzene rings is 1. The van der Waals surface area contributed by atoms with Crippen molar-refractivity contribution in [1.82, 2.24) is 9.88 Å². The minimum Gasteiger partial charge on any atom is -0.451 e. The van der Waals surface area contributed by atoms with Gasteiger partial charge in [0.25, 0.3) is 5.91 Å². The molecule has 5 nitrogen and oxygen atoms in total. The molecule has 1 amide bonds. The van der Waals surface area contributed by atoms with Gasteiger partial charge < -0.3 is 14.6 Å². The van der Waals surface area contributed by atoms with Crippen molar-refractivity contribution in [3.63, 3.8) is 0 Å². The number of nitrogens with zero attached hydrogens (tertiary/aromatic N) is 1. The Kier molecular flexibility index (Phi) is 4.47. The molecule has 1 aromatic heterocycles. The van der Waals surface area contributed by atoms with Crippen LogP contribution in [-0.4, -0.2) is 29.1 Å². The first-order chi connectivity index (χ1) is 10.6. The molecule has 1 aliphatic rings. The molecule has 1 heterocycles. The zero-order valence-corrected chi connectivity index (χ0v) is 13.9. The summed E-state index contributed by atoms with van der Waals surface area (Å²) in [4.78, 5) is 23.7. The predicted molar refractivity (Wildman–Crippen MR) is 89.9 cm³/mol. The number of esters is 1. The van der Waals surface area contributed by atoms with Crippen molar-refractivity contribution in [2.75, 3.05) is 6.61 Å². The molecule has 0 bridgehead atoms. The first-order valence-corrected chi connectivity index (χ1v) is 8.11. The monoisotopic (exact) mass is 410 g/mol. The maximum absolute atomic E-state index is 12.2. The predicted octanol–water partition coefficient (Wildman–Crippen LogP) is 2.52. The maximum atomic E-state index is 12.2. The van der Waals surface area contributed by atoms with E-state index >= 15 is 0 Å². The molecule has 0 atom stereocenters. The fourth-order valence-corrected chi connectivity index (χ4v) is 2.63. The van der Waals surface area contributed by atoms with Gasteiger partial charge in [-0.3, -0.25) is 4.79 Å². The van der Waals surface area contributed by atoms with Crippen LogP contribution in [0.3, 0.4) is 0 Å². The molecule has 0 unspecified atom stereocenters. The standard InChI is InChI=1S/C16H15IN2O3/c17-11-3-1-4-13(9-11)19-8-2-5-14(19)16(21)22-10-15(20)18-12-6-7-12/h1-5,8-9,12H,6-7,10H2,(H,18,20). The summed E-state index contributed by atoms with van der Waals surface area (Å²) in [6, 6.07) is 11.5. The summed E-state index contributed by atoms with van der Waals surface area (Å²) in [5.74, 6) is -0.752. The Morgan fingerprint density at radius 1 is 1.27 bits per heavy atom. The molecule has 22 heavy (non-hydrogen) atoms. The summed E-state index contributed by atoms with van der Waals surface area (Å²) in [5.41, 5.74) is 1.28. The van der Waals surface area contributed by atoms with E-state index in [9.17, 15) is 9.59 Å². The smallest absolute Gasteiger partial charge is 0.355 e. The Morgan fingerprint density at radius 2 is 2.09 bits per heavy atom. The van der Waals surface area contributed by atoms with Gasteiger partial charge in [0.2, 0.25) is 0 Å². The van der Waals surface area contributed by atoms with Crippen LogP contribution in [0.25, 0.3) is 5.69 Å². The van der Waals surface area contributed by atoms with Crippen LogP contribution in [0.5, 0.6) is 0 Å². The molecule has 2 aromatic rings. The molecule has 1 N–H and O–H groups in total. The van der Waals surface area contributed by atoms with Gasteiger partial charge in [0, 0.05) is 21.5 Å². The molecule has 1 saturated carbocycles. The van der Waals surface area contributed by atoms with Gasteiger partial charge in [-0.25, -0.2) is 4.79 Å². The summed E-state index contributed by atoms with van der Waals surface area (Å²) in [7, 11) is 0. The van der Waals surface area contributed by atoms with E-state index in [-0.39, 0.29) is 18.6 Å². The van der Waals surface area contributed by atoms with E-state index in [1.165, 1.54) is 0 Å². The highest BCUT2D eigenvalue weighted by Crippen LogP contribution is 2.18. The van der Waals surface area contributed by atoms with Crippen LogP contribution in [0.1, 0.15) is 23.3 Å². The Balaban J connectivity index is 1.68. The molecule has 1 aromatic carbocycles. The van der Waals surface area contributed by atoms with Crippen LogP contribution in [0, 0.1) is 3.57 Å². The van der Waals surface area contributed by atoms with E-state index in [0.717, 1.165) is 22.1 Å². The zero-order valence-electron chi connectivity index (χ0n) is 11.8. The quantitative estimate of drug-likeness (QED) is 0.609. The lowest BCUT2D eigenvalue weighted by molar-refractivity contribution is -0.124. The molecule has 0 saturated heterocycles. The summed E-state index contributed by atoms with van der Waals surface area (Å²) < 4.78 is 7.92. The minimum absolute atomic E-state index is 0.243. The number of carbonyl (C=O) groups excluding carboxylic acids is 2. The Morgan fingerprint density at radius 3 is 2.82 bits per heavy atom. The van der Waals surface area contributed by atoms with Crippen LogP contribution in [0.4, 0.5) is 0 Å². The van der Waals surface area contributed by atoms with Crippen LogP contribution >= 0.6 is 22.6 Å². The molecule has 1 fully saturated rings. The fraction of sp³-hybridized carbons (Fsp3) is 0.250. The SMILES string of the molecule is O=C(COC(=O)c1cccn1-c1cccc(I)c1)NC1CC1. The topological polar surface area (TPSA) is 60.3 Å². The number of amides is 1. The van der Waals surface area contributed by atoms with E-state index in [1.807, 2.05) is 24.3 Å². The highest BCUT2D eigenvalue weighted by Gasteiger charge is 2.24. The van der Waals surface area contributed by atoms with Gasteiger partial charge in [-0.2, -0.15) is 0 Å². The number of hydrogen-bond acceptors (Lipinski definition) is 3. The molecule has 6 heteroatoms. The second-order valence-electron chi connectivity index (χ2n) is 5.16. The lowest BCUT2D eigenvalue weighted by atomic mass is 10.3. The highest BCUT2D eigenvalue weighted by molar-refractivity contribution is 14.1. The van der Waals surface area contributed by atoms with Crippen molar-refractivity contribution in [1.29, 1.82) is 0 Å². The molecule has 0 spiro atoms. The Hall–Kier alpha value is -1.83. The van der Waals surface area contributed by atoms with Crippen molar-refractivity contribution in [2.24, 2.45) is 0 Å². The number of rotatable bonds is 5. The van der Waals surface area contributed by atoms with Crippen LogP contribution < -0.4 is 5.32 Å². The average molecular weight is 410 g/mol. The van der Waals surface area contributed by atoms with Crippen LogP contribution in [0.15, 0.2) is 42.6 Å². The largest absolute Gasteiger partial charge is 0.451 e. The van der Waals surface area contributed by atoms with Gasteiger partial charge in [-0.05, 0) is 65.8 Å². The number of hydrogen-bond donors (Lipinski definition) is 1. The van der Waals surface area contributed by atoms with Gasteiger partial charge in [-0.15, -0.1) is 0 Å². The molecular weight excluding hydrogens is 395 g/mol. The molecule has 3 rings (SSSR count). The summed E-state index contributed by atoms with van der Waals surface area (Å²) in [6.45, 7) is -0.243. The van der Waals surface area contributed by atoms with Crippen molar-refractivity contribution in [3.8, 4) is 5.69 Å². The van der Waals surface area contributed by atoms with E-state index in [4.69, 9.17) is 4.74 Å². The summed E-state index contributed by atoms with van der Waals surface area (Å²) in [6.07, 6.45) is 3.82. The van der Waals surface area contributed by atoms with Crippen LogP contribution in [-0.2, 0) is 9.53 Å². The van der Waals surface area contributed by atoms with E-state index in [0.29, 0.717) is 5.69 Å². The van der Waals surface area contributed by atoms with Crippen molar-refractivity contribution >= 4 is 34.5 Å². The minimum atomic E-state index is -0.505. The van der Waals surface area contributed by atoms with E-state index in [2.05, 4.69) is 27.9 Å². The van der Waals surface area contributed by atoms with Gasteiger partial charge in [0.15, 0.2) is 6.61 Å². The Bertz CT molecular complexity index is 707. The molecule has 0 aliphatic heterocycles. The third-order valence-electron chi connectivity index (χ3n) is 3.32. The molecule has 0 radical (unpaired) electrons. The number of ether oxygens (including phenoxy) is 1. The van der Waals surface area contributed by atoms with Gasteiger partial charge in [-0.1, -0.05) is 6.07 Å². The van der Waals surface area contributed by atoms with Gasteiger partial charge in [0.05, 0.1) is 0 Å². The van der Waals surface area contributed by atoms with Crippen molar-refractivity contribution in [2.45, 2.75) is 18.9 Å². The first kappa shape index (κ1) is 15.1. The normalized spacial score (nSPS) is 13.7. The second kappa shape index (κ2) is 6.51. The summed E-state index contributed by atoms with van der Waals surface area (Å²) >= 11 is 2.22. The average Bonchev–Trinajstić information content (AvgIpc) is 3.17. The van der Waals surface area contributed by atoms with Crippen molar-refractivity contribution in [3.05, 3.63) is 51.9 Å². The number of aromatic nitrogens is 1. The molecule has 1 aliphatic carbocycles. The first-order valence-electron chi connectivity index (χ1n) is 7.03. The lowest BCUT2D eigenvalue weighted by Crippen LogP contribution is -2.30. The number of carbonyl (C=O) groups is 2. The number of halogens is 1. The second-order valence-corrected chi connectivity index (χ2v) is 6.41. The van der Waals surface area contributed by atoms with Gasteiger partial charge in [0.1, 0.15) is 5.69 Å². The third-order valence-corrected chi connectivity index (χ3v) is 3.99.